The Hall–Kier alpha value is -2.33. The first-order chi connectivity index (χ1) is 9.56. The molecule has 0 radical (unpaired) electrons. The highest BCUT2D eigenvalue weighted by Crippen LogP contribution is 2.20. The van der Waals surface area contributed by atoms with Crippen LogP contribution in [0, 0.1) is 0 Å². The molecule has 2 rings (SSSR count). The van der Waals surface area contributed by atoms with E-state index in [2.05, 4.69) is 5.32 Å². The normalized spacial score (nSPS) is 10.1. The zero-order chi connectivity index (χ0) is 14.5. The number of ketones is 1. The van der Waals surface area contributed by atoms with E-state index in [4.69, 9.17) is 17.3 Å². The van der Waals surface area contributed by atoms with Crippen molar-refractivity contribution >= 4 is 34.7 Å². The maximum Gasteiger partial charge on any atom is 0.232 e. The first kappa shape index (κ1) is 14.1. The molecular weight excluding hydrogens is 276 g/mol. The van der Waals surface area contributed by atoms with Crippen molar-refractivity contribution in [2.75, 3.05) is 11.1 Å². The average Bonchev–Trinajstić information content (AvgIpc) is 2.42. The van der Waals surface area contributed by atoms with Gasteiger partial charge in [0.1, 0.15) is 0 Å². The number of Topliss-reactive ketones (excluding diaryl/α,β-unsaturated/α-hetero) is 1. The highest BCUT2D eigenvalue weighted by molar-refractivity contribution is 6.33. The molecule has 0 saturated heterocycles. The van der Waals surface area contributed by atoms with Gasteiger partial charge in [0.2, 0.25) is 5.91 Å². The molecule has 0 aliphatic rings. The van der Waals surface area contributed by atoms with Crippen LogP contribution in [0.5, 0.6) is 0 Å². The molecule has 102 valence electrons. The van der Waals surface area contributed by atoms with Crippen molar-refractivity contribution in [3.05, 3.63) is 59.1 Å². The van der Waals surface area contributed by atoms with Crippen LogP contribution in [0.15, 0.2) is 48.5 Å². The van der Waals surface area contributed by atoms with Gasteiger partial charge in [-0.25, -0.2) is 0 Å². The highest BCUT2D eigenvalue weighted by Gasteiger charge is 2.12. The van der Waals surface area contributed by atoms with E-state index in [9.17, 15) is 9.59 Å². The van der Waals surface area contributed by atoms with Crippen LogP contribution >= 0.6 is 11.6 Å². The van der Waals surface area contributed by atoms with Gasteiger partial charge in [0.15, 0.2) is 5.78 Å². The van der Waals surface area contributed by atoms with E-state index >= 15 is 0 Å². The Bertz CT molecular complexity index is 639. The summed E-state index contributed by atoms with van der Waals surface area (Å²) in [6, 6.07) is 13.3. The number of carbonyl (C=O) groups is 2. The Labute approximate surface area is 121 Å². The molecule has 0 aliphatic carbocycles. The van der Waals surface area contributed by atoms with E-state index in [1.807, 2.05) is 0 Å². The zero-order valence-electron chi connectivity index (χ0n) is 10.6. The molecule has 20 heavy (non-hydrogen) atoms. The van der Waals surface area contributed by atoms with Crippen molar-refractivity contribution < 1.29 is 9.59 Å². The second-order valence-electron chi connectivity index (χ2n) is 4.25. The summed E-state index contributed by atoms with van der Waals surface area (Å²) in [4.78, 5) is 23.7. The van der Waals surface area contributed by atoms with Gasteiger partial charge < -0.3 is 11.1 Å². The van der Waals surface area contributed by atoms with Gasteiger partial charge in [-0.05, 0) is 36.4 Å². The largest absolute Gasteiger partial charge is 0.399 e. The lowest BCUT2D eigenvalue weighted by atomic mass is 10.1. The number of rotatable bonds is 4. The molecule has 0 aliphatic heterocycles. The van der Waals surface area contributed by atoms with Crippen LogP contribution in [0.3, 0.4) is 0 Å². The van der Waals surface area contributed by atoms with Crippen LogP contribution in [0.25, 0.3) is 0 Å². The fourth-order valence-corrected chi connectivity index (χ4v) is 1.86. The Morgan fingerprint density at radius 1 is 1.05 bits per heavy atom. The van der Waals surface area contributed by atoms with Crippen molar-refractivity contribution in [3.63, 3.8) is 0 Å². The molecule has 0 unspecified atom stereocenters. The van der Waals surface area contributed by atoms with Gasteiger partial charge in [0, 0.05) is 11.3 Å². The number of benzene rings is 2. The molecule has 1 amide bonds. The maximum atomic E-state index is 11.9. The van der Waals surface area contributed by atoms with Gasteiger partial charge in [0.25, 0.3) is 0 Å². The van der Waals surface area contributed by atoms with E-state index in [1.54, 1.807) is 48.5 Å². The molecule has 0 bridgehead atoms. The van der Waals surface area contributed by atoms with Crippen molar-refractivity contribution in [2.45, 2.75) is 6.42 Å². The third kappa shape index (κ3) is 3.59. The minimum Gasteiger partial charge on any atom is -0.399 e. The number of halogens is 1. The monoisotopic (exact) mass is 288 g/mol. The SMILES string of the molecule is Nc1ccc(C(=O)CC(=O)Nc2ccccc2Cl)cc1. The zero-order valence-corrected chi connectivity index (χ0v) is 11.4. The number of carbonyl (C=O) groups excluding carboxylic acids is 2. The molecule has 0 fully saturated rings. The van der Waals surface area contributed by atoms with Crippen LogP contribution in [-0.4, -0.2) is 11.7 Å². The summed E-state index contributed by atoms with van der Waals surface area (Å²) in [6.45, 7) is 0. The highest BCUT2D eigenvalue weighted by atomic mass is 35.5. The van der Waals surface area contributed by atoms with Gasteiger partial charge >= 0.3 is 0 Å². The number of anilines is 2. The lowest BCUT2D eigenvalue weighted by molar-refractivity contribution is -0.115. The summed E-state index contributed by atoms with van der Waals surface area (Å²) < 4.78 is 0. The molecule has 0 heterocycles. The maximum absolute atomic E-state index is 11.9. The van der Waals surface area contributed by atoms with Crippen molar-refractivity contribution in [2.24, 2.45) is 0 Å². The molecule has 0 spiro atoms. The van der Waals surface area contributed by atoms with E-state index in [0.29, 0.717) is 22.0 Å². The fourth-order valence-electron chi connectivity index (χ4n) is 1.67. The Kier molecular flexibility index (Phi) is 4.38. The Morgan fingerprint density at radius 2 is 1.70 bits per heavy atom. The number of nitrogens with two attached hydrogens (primary N) is 1. The van der Waals surface area contributed by atoms with E-state index in [1.165, 1.54) is 0 Å². The first-order valence-electron chi connectivity index (χ1n) is 5.99. The van der Waals surface area contributed by atoms with E-state index < -0.39 is 5.91 Å². The van der Waals surface area contributed by atoms with Crippen LogP contribution in [0.2, 0.25) is 5.02 Å². The molecular formula is C15H13ClN2O2. The summed E-state index contributed by atoms with van der Waals surface area (Å²) >= 11 is 5.93. The van der Waals surface area contributed by atoms with Gasteiger partial charge in [-0.1, -0.05) is 23.7 Å². The first-order valence-corrected chi connectivity index (χ1v) is 6.37. The van der Waals surface area contributed by atoms with E-state index in [0.717, 1.165) is 0 Å². The number of nitrogens with one attached hydrogen (secondary N) is 1. The number of hydrogen-bond acceptors (Lipinski definition) is 3. The quantitative estimate of drug-likeness (QED) is 0.516. The summed E-state index contributed by atoms with van der Waals surface area (Å²) in [5, 5.41) is 3.04. The fraction of sp³-hybridized carbons (Fsp3) is 0.0667. The molecule has 2 aromatic carbocycles. The molecule has 0 aromatic heterocycles. The molecule has 5 heteroatoms. The molecule has 0 saturated carbocycles. The topological polar surface area (TPSA) is 72.2 Å². The number of para-hydroxylation sites is 1. The smallest absolute Gasteiger partial charge is 0.232 e. The van der Waals surface area contributed by atoms with Crippen molar-refractivity contribution in [3.8, 4) is 0 Å². The lowest BCUT2D eigenvalue weighted by Crippen LogP contribution is -2.16. The minimum absolute atomic E-state index is 0.241. The van der Waals surface area contributed by atoms with Crippen LogP contribution < -0.4 is 11.1 Å². The van der Waals surface area contributed by atoms with Gasteiger partial charge in [0.05, 0.1) is 17.1 Å². The Morgan fingerprint density at radius 3 is 2.35 bits per heavy atom. The van der Waals surface area contributed by atoms with Crippen molar-refractivity contribution in [1.82, 2.24) is 0 Å². The molecule has 3 N–H and O–H groups in total. The predicted molar refractivity (Wildman–Crippen MR) is 79.9 cm³/mol. The van der Waals surface area contributed by atoms with E-state index in [-0.39, 0.29) is 12.2 Å². The van der Waals surface area contributed by atoms with Crippen LogP contribution in [-0.2, 0) is 4.79 Å². The Balaban J connectivity index is 2.00. The van der Waals surface area contributed by atoms with Crippen LogP contribution in [0.4, 0.5) is 11.4 Å². The summed E-state index contributed by atoms with van der Waals surface area (Å²) in [5.41, 5.74) is 7.06. The van der Waals surface area contributed by atoms with Crippen molar-refractivity contribution in [1.29, 1.82) is 0 Å². The number of amides is 1. The minimum atomic E-state index is -0.403. The van der Waals surface area contributed by atoms with Gasteiger partial charge in [-0.3, -0.25) is 9.59 Å². The standard InChI is InChI=1S/C15H13ClN2O2/c16-12-3-1-2-4-13(12)18-15(20)9-14(19)10-5-7-11(17)8-6-10/h1-8H,9,17H2,(H,18,20). The van der Waals surface area contributed by atoms with Gasteiger partial charge in [-0.15, -0.1) is 0 Å². The third-order valence-electron chi connectivity index (χ3n) is 2.70. The number of nitrogen functional groups attached to an aromatic ring is 1. The third-order valence-corrected chi connectivity index (χ3v) is 3.03. The van der Waals surface area contributed by atoms with Crippen LogP contribution in [0.1, 0.15) is 16.8 Å². The van der Waals surface area contributed by atoms with Gasteiger partial charge in [-0.2, -0.15) is 0 Å². The molecule has 4 nitrogen and oxygen atoms in total. The second-order valence-corrected chi connectivity index (χ2v) is 4.66. The molecule has 0 atom stereocenters. The summed E-state index contributed by atoms with van der Waals surface area (Å²) in [5.74, 6) is -0.672. The predicted octanol–water partition coefficient (Wildman–Crippen LogP) is 3.13. The average molecular weight is 289 g/mol. The number of hydrogen-bond donors (Lipinski definition) is 2. The molecule has 2 aromatic rings. The second kappa shape index (κ2) is 6.21. The summed E-state index contributed by atoms with van der Waals surface area (Å²) in [7, 11) is 0. The lowest BCUT2D eigenvalue weighted by Gasteiger charge is -2.06. The summed E-state index contributed by atoms with van der Waals surface area (Å²) in [6.07, 6.45) is -0.241.